The van der Waals surface area contributed by atoms with Gasteiger partial charge in [-0.2, -0.15) is 0 Å². The van der Waals surface area contributed by atoms with Crippen LogP contribution in [-0.2, 0) is 4.74 Å². The van der Waals surface area contributed by atoms with Crippen molar-refractivity contribution in [3.05, 3.63) is 23.5 Å². The SMILES string of the molecule is Clc1ccc(N2CC(N3CCOCC3)C2)cn1. The van der Waals surface area contributed by atoms with E-state index in [0.29, 0.717) is 11.2 Å². The summed E-state index contributed by atoms with van der Waals surface area (Å²) in [6.07, 6.45) is 1.85. The first kappa shape index (κ1) is 11.3. The van der Waals surface area contributed by atoms with E-state index in [9.17, 15) is 0 Å². The molecule has 0 radical (unpaired) electrons. The Balaban J connectivity index is 1.55. The van der Waals surface area contributed by atoms with Gasteiger partial charge in [0.05, 0.1) is 25.1 Å². The topological polar surface area (TPSA) is 28.6 Å². The van der Waals surface area contributed by atoms with Gasteiger partial charge in [-0.05, 0) is 12.1 Å². The van der Waals surface area contributed by atoms with Gasteiger partial charge in [0.1, 0.15) is 5.15 Å². The largest absolute Gasteiger partial charge is 0.379 e. The Hall–Kier alpha value is -0.840. The van der Waals surface area contributed by atoms with Gasteiger partial charge in [-0.25, -0.2) is 4.98 Å². The van der Waals surface area contributed by atoms with E-state index in [2.05, 4.69) is 14.8 Å². The number of rotatable bonds is 2. The molecule has 4 nitrogen and oxygen atoms in total. The quantitative estimate of drug-likeness (QED) is 0.742. The van der Waals surface area contributed by atoms with Crippen molar-refractivity contribution < 1.29 is 4.74 Å². The zero-order valence-corrected chi connectivity index (χ0v) is 10.4. The Kier molecular flexibility index (Phi) is 3.18. The Morgan fingerprint density at radius 3 is 2.65 bits per heavy atom. The summed E-state index contributed by atoms with van der Waals surface area (Å²) >= 11 is 5.78. The first-order chi connectivity index (χ1) is 8.33. The van der Waals surface area contributed by atoms with Crippen LogP contribution >= 0.6 is 11.6 Å². The summed E-state index contributed by atoms with van der Waals surface area (Å²) in [6, 6.07) is 4.55. The molecule has 0 spiro atoms. The van der Waals surface area contributed by atoms with Gasteiger partial charge in [0.25, 0.3) is 0 Å². The lowest BCUT2D eigenvalue weighted by molar-refractivity contribution is 0.0105. The minimum Gasteiger partial charge on any atom is -0.379 e. The molecule has 92 valence electrons. The number of pyridine rings is 1. The van der Waals surface area contributed by atoms with Crippen LogP contribution < -0.4 is 4.90 Å². The summed E-state index contributed by atoms with van der Waals surface area (Å²) in [4.78, 5) is 8.96. The maximum atomic E-state index is 5.78. The van der Waals surface area contributed by atoms with Crippen LogP contribution in [0.2, 0.25) is 5.15 Å². The molecule has 2 saturated heterocycles. The van der Waals surface area contributed by atoms with E-state index in [0.717, 1.165) is 39.4 Å². The van der Waals surface area contributed by atoms with Gasteiger partial charge in [-0.1, -0.05) is 11.6 Å². The summed E-state index contributed by atoms with van der Waals surface area (Å²) in [6.45, 7) is 6.05. The zero-order chi connectivity index (χ0) is 11.7. The molecule has 5 heteroatoms. The number of aromatic nitrogens is 1. The third kappa shape index (κ3) is 2.39. The normalized spacial score (nSPS) is 22.5. The highest BCUT2D eigenvalue weighted by Gasteiger charge is 2.32. The van der Waals surface area contributed by atoms with Gasteiger partial charge in [-0.15, -0.1) is 0 Å². The molecule has 0 saturated carbocycles. The van der Waals surface area contributed by atoms with Crippen molar-refractivity contribution in [2.75, 3.05) is 44.3 Å². The van der Waals surface area contributed by atoms with Gasteiger partial charge in [-0.3, -0.25) is 4.90 Å². The van der Waals surface area contributed by atoms with Crippen LogP contribution in [0.5, 0.6) is 0 Å². The van der Waals surface area contributed by atoms with Crippen molar-refractivity contribution in [2.24, 2.45) is 0 Å². The van der Waals surface area contributed by atoms with Crippen LogP contribution in [0.15, 0.2) is 18.3 Å². The van der Waals surface area contributed by atoms with E-state index in [4.69, 9.17) is 16.3 Å². The van der Waals surface area contributed by atoms with E-state index >= 15 is 0 Å². The molecule has 0 bridgehead atoms. The molecule has 2 aliphatic rings. The van der Waals surface area contributed by atoms with Crippen LogP contribution in [0.3, 0.4) is 0 Å². The van der Waals surface area contributed by atoms with Crippen LogP contribution in [0.1, 0.15) is 0 Å². The molecule has 0 aromatic carbocycles. The van der Waals surface area contributed by atoms with Crippen molar-refractivity contribution >= 4 is 17.3 Å². The highest BCUT2D eigenvalue weighted by atomic mass is 35.5. The van der Waals surface area contributed by atoms with Crippen molar-refractivity contribution in [1.82, 2.24) is 9.88 Å². The molecule has 0 amide bonds. The summed E-state index contributed by atoms with van der Waals surface area (Å²) in [5, 5.41) is 0.555. The van der Waals surface area contributed by atoms with Crippen molar-refractivity contribution in [2.45, 2.75) is 6.04 Å². The second kappa shape index (κ2) is 4.80. The number of halogens is 1. The van der Waals surface area contributed by atoms with E-state index in [1.165, 1.54) is 5.69 Å². The summed E-state index contributed by atoms with van der Waals surface area (Å²) < 4.78 is 5.36. The van der Waals surface area contributed by atoms with E-state index in [1.807, 2.05) is 18.3 Å². The molecular weight excluding hydrogens is 238 g/mol. The molecule has 0 aliphatic carbocycles. The number of morpholine rings is 1. The molecule has 0 atom stereocenters. The molecule has 2 fully saturated rings. The fraction of sp³-hybridized carbons (Fsp3) is 0.583. The number of nitrogens with zero attached hydrogens (tertiary/aromatic N) is 3. The third-order valence-electron chi connectivity index (χ3n) is 3.50. The standard InChI is InChI=1S/C12H16ClN3O/c13-12-2-1-10(7-14-12)16-8-11(9-16)15-3-5-17-6-4-15/h1-2,7,11H,3-6,8-9H2. The van der Waals surface area contributed by atoms with Crippen molar-refractivity contribution in [3.63, 3.8) is 0 Å². The van der Waals surface area contributed by atoms with Gasteiger partial charge in [0, 0.05) is 32.2 Å². The minimum absolute atomic E-state index is 0.555. The second-order valence-corrected chi connectivity index (χ2v) is 4.93. The van der Waals surface area contributed by atoms with E-state index in [-0.39, 0.29) is 0 Å². The fourth-order valence-corrected chi connectivity index (χ4v) is 2.51. The van der Waals surface area contributed by atoms with Crippen molar-refractivity contribution in [3.8, 4) is 0 Å². The second-order valence-electron chi connectivity index (χ2n) is 4.55. The molecule has 0 N–H and O–H groups in total. The molecule has 2 aliphatic heterocycles. The molecule has 3 rings (SSSR count). The molecule has 1 aromatic heterocycles. The number of ether oxygens (including phenoxy) is 1. The Labute approximate surface area is 106 Å². The molecule has 17 heavy (non-hydrogen) atoms. The summed E-state index contributed by atoms with van der Waals surface area (Å²) in [7, 11) is 0. The first-order valence-corrected chi connectivity index (χ1v) is 6.39. The van der Waals surface area contributed by atoms with Gasteiger partial charge in [0.2, 0.25) is 0 Å². The van der Waals surface area contributed by atoms with Gasteiger partial charge >= 0.3 is 0 Å². The lowest BCUT2D eigenvalue weighted by Gasteiger charge is -2.47. The predicted molar refractivity (Wildman–Crippen MR) is 67.6 cm³/mol. The van der Waals surface area contributed by atoms with E-state index < -0.39 is 0 Å². The van der Waals surface area contributed by atoms with Gasteiger partial charge in [0.15, 0.2) is 0 Å². The highest BCUT2D eigenvalue weighted by molar-refractivity contribution is 6.29. The summed E-state index contributed by atoms with van der Waals surface area (Å²) in [5.74, 6) is 0. The minimum atomic E-state index is 0.555. The Bertz CT molecular complexity index is 372. The summed E-state index contributed by atoms with van der Waals surface area (Å²) in [5.41, 5.74) is 1.17. The average molecular weight is 254 g/mol. The van der Waals surface area contributed by atoms with Crippen LogP contribution in [0, 0.1) is 0 Å². The Morgan fingerprint density at radius 2 is 2.00 bits per heavy atom. The third-order valence-corrected chi connectivity index (χ3v) is 3.72. The number of hydrogen-bond donors (Lipinski definition) is 0. The molecular formula is C12H16ClN3O. The smallest absolute Gasteiger partial charge is 0.129 e. The predicted octanol–water partition coefficient (Wildman–Crippen LogP) is 1.26. The lowest BCUT2D eigenvalue weighted by Crippen LogP contribution is -2.61. The molecule has 1 aromatic rings. The number of hydrogen-bond acceptors (Lipinski definition) is 4. The van der Waals surface area contributed by atoms with Crippen LogP contribution in [0.4, 0.5) is 5.69 Å². The van der Waals surface area contributed by atoms with E-state index in [1.54, 1.807) is 0 Å². The number of anilines is 1. The van der Waals surface area contributed by atoms with Crippen LogP contribution in [-0.4, -0.2) is 55.3 Å². The fourth-order valence-electron chi connectivity index (χ4n) is 2.39. The molecule has 0 unspecified atom stereocenters. The van der Waals surface area contributed by atoms with Crippen LogP contribution in [0.25, 0.3) is 0 Å². The maximum absolute atomic E-state index is 5.78. The average Bonchev–Trinajstić information content (AvgIpc) is 2.31. The Morgan fingerprint density at radius 1 is 1.24 bits per heavy atom. The van der Waals surface area contributed by atoms with Crippen molar-refractivity contribution in [1.29, 1.82) is 0 Å². The lowest BCUT2D eigenvalue weighted by atomic mass is 10.1. The monoisotopic (exact) mass is 253 g/mol. The highest BCUT2D eigenvalue weighted by Crippen LogP contribution is 2.24. The van der Waals surface area contributed by atoms with Gasteiger partial charge < -0.3 is 9.64 Å². The molecule has 3 heterocycles. The zero-order valence-electron chi connectivity index (χ0n) is 9.68. The first-order valence-electron chi connectivity index (χ1n) is 6.01. The maximum Gasteiger partial charge on any atom is 0.129 e.